The standard InChI is InChI=1S/C12H23NO2/c1-13-11(8-10-4-2-3-5-10)9-12-14-6-7-15-12/h10-13H,2-9H2,1H3. The maximum Gasteiger partial charge on any atom is 0.159 e. The lowest BCUT2D eigenvalue weighted by atomic mass is 9.96. The Bertz CT molecular complexity index is 156. The van der Waals surface area contributed by atoms with E-state index in [1.54, 1.807) is 0 Å². The summed E-state index contributed by atoms with van der Waals surface area (Å²) in [5, 5.41) is 3.40. The van der Waals surface area contributed by atoms with Gasteiger partial charge >= 0.3 is 0 Å². The third-order valence-electron chi connectivity index (χ3n) is 3.67. The lowest BCUT2D eigenvalue weighted by molar-refractivity contribution is -0.0535. The summed E-state index contributed by atoms with van der Waals surface area (Å²) in [4.78, 5) is 0. The highest BCUT2D eigenvalue weighted by Gasteiger charge is 2.24. The Morgan fingerprint density at radius 2 is 1.80 bits per heavy atom. The van der Waals surface area contributed by atoms with E-state index in [2.05, 4.69) is 12.4 Å². The van der Waals surface area contributed by atoms with Gasteiger partial charge in [-0.3, -0.25) is 0 Å². The highest BCUT2D eigenvalue weighted by molar-refractivity contribution is 4.76. The van der Waals surface area contributed by atoms with E-state index in [0.29, 0.717) is 6.04 Å². The van der Waals surface area contributed by atoms with Crippen molar-refractivity contribution in [2.45, 2.75) is 50.9 Å². The molecule has 0 aromatic rings. The smallest absolute Gasteiger partial charge is 0.159 e. The molecule has 0 radical (unpaired) electrons. The molecule has 3 nitrogen and oxygen atoms in total. The Kier molecular flexibility index (Phi) is 4.42. The lowest BCUT2D eigenvalue weighted by Crippen LogP contribution is -2.31. The topological polar surface area (TPSA) is 30.5 Å². The van der Waals surface area contributed by atoms with Gasteiger partial charge in [-0.2, -0.15) is 0 Å². The minimum atomic E-state index is 0.0452. The maximum absolute atomic E-state index is 5.49. The summed E-state index contributed by atoms with van der Waals surface area (Å²) in [6, 6.07) is 0.566. The minimum absolute atomic E-state index is 0.0452. The SMILES string of the molecule is CNC(CC1CCCC1)CC1OCCO1. The molecule has 0 spiro atoms. The average molecular weight is 213 g/mol. The molecule has 0 aromatic heterocycles. The van der Waals surface area contributed by atoms with Crippen molar-refractivity contribution in [1.29, 1.82) is 0 Å². The van der Waals surface area contributed by atoms with Crippen molar-refractivity contribution >= 4 is 0 Å². The van der Waals surface area contributed by atoms with Gasteiger partial charge in [0.1, 0.15) is 0 Å². The molecule has 2 fully saturated rings. The third kappa shape index (κ3) is 3.44. The molecule has 2 aliphatic rings. The molecular weight excluding hydrogens is 190 g/mol. The van der Waals surface area contributed by atoms with E-state index in [9.17, 15) is 0 Å². The van der Waals surface area contributed by atoms with Crippen LogP contribution in [0.3, 0.4) is 0 Å². The van der Waals surface area contributed by atoms with E-state index in [1.807, 2.05) is 0 Å². The van der Waals surface area contributed by atoms with E-state index < -0.39 is 0 Å². The first kappa shape index (κ1) is 11.4. The van der Waals surface area contributed by atoms with Crippen molar-refractivity contribution in [3.8, 4) is 0 Å². The zero-order chi connectivity index (χ0) is 10.5. The van der Waals surface area contributed by atoms with Crippen LogP contribution in [0.15, 0.2) is 0 Å². The number of ether oxygens (including phenoxy) is 2. The Labute approximate surface area is 92.5 Å². The van der Waals surface area contributed by atoms with Gasteiger partial charge in [0.25, 0.3) is 0 Å². The van der Waals surface area contributed by atoms with Crippen LogP contribution in [0.5, 0.6) is 0 Å². The van der Waals surface area contributed by atoms with Gasteiger partial charge in [-0.15, -0.1) is 0 Å². The number of rotatable bonds is 5. The Balaban J connectivity index is 1.70. The second kappa shape index (κ2) is 5.83. The molecule has 1 saturated heterocycles. The van der Waals surface area contributed by atoms with Gasteiger partial charge in [-0.1, -0.05) is 25.7 Å². The normalized spacial score (nSPS) is 26.2. The van der Waals surface area contributed by atoms with E-state index in [-0.39, 0.29) is 6.29 Å². The molecule has 1 aliphatic carbocycles. The fourth-order valence-electron chi connectivity index (χ4n) is 2.76. The molecule has 1 unspecified atom stereocenters. The summed E-state index contributed by atoms with van der Waals surface area (Å²) in [5.74, 6) is 0.934. The first-order valence-electron chi connectivity index (χ1n) is 6.29. The highest BCUT2D eigenvalue weighted by atomic mass is 16.7. The predicted octanol–water partition coefficient (Wildman–Crippen LogP) is 1.92. The van der Waals surface area contributed by atoms with Gasteiger partial charge in [0.2, 0.25) is 0 Å². The molecule has 1 heterocycles. The minimum Gasteiger partial charge on any atom is -0.350 e. The summed E-state index contributed by atoms with van der Waals surface area (Å²) in [6.07, 6.45) is 8.04. The lowest BCUT2D eigenvalue weighted by Gasteiger charge is -2.22. The molecule has 88 valence electrons. The maximum atomic E-state index is 5.49. The van der Waals surface area contributed by atoms with E-state index >= 15 is 0 Å². The molecule has 1 N–H and O–H groups in total. The molecule has 3 heteroatoms. The fraction of sp³-hybridized carbons (Fsp3) is 1.00. The molecule has 2 rings (SSSR count). The van der Waals surface area contributed by atoms with Crippen LogP contribution in [0.25, 0.3) is 0 Å². The van der Waals surface area contributed by atoms with E-state index in [1.165, 1.54) is 32.1 Å². The van der Waals surface area contributed by atoms with Crippen molar-refractivity contribution < 1.29 is 9.47 Å². The Morgan fingerprint density at radius 1 is 1.13 bits per heavy atom. The molecule has 1 saturated carbocycles. The van der Waals surface area contributed by atoms with Crippen LogP contribution < -0.4 is 5.32 Å². The average Bonchev–Trinajstić information content (AvgIpc) is 2.89. The van der Waals surface area contributed by atoms with Crippen LogP contribution in [-0.4, -0.2) is 32.6 Å². The fourth-order valence-corrected chi connectivity index (χ4v) is 2.76. The number of nitrogens with one attached hydrogen (secondary N) is 1. The van der Waals surface area contributed by atoms with Crippen molar-refractivity contribution in [2.24, 2.45) is 5.92 Å². The second-order valence-corrected chi connectivity index (χ2v) is 4.78. The van der Waals surface area contributed by atoms with Crippen molar-refractivity contribution in [2.75, 3.05) is 20.3 Å². The molecule has 1 atom stereocenters. The number of hydrogen-bond donors (Lipinski definition) is 1. The van der Waals surface area contributed by atoms with Crippen molar-refractivity contribution in [1.82, 2.24) is 5.32 Å². The summed E-state index contributed by atoms with van der Waals surface area (Å²) in [5.41, 5.74) is 0. The van der Waals surface area contributed by atoms with E-state index in [0.717, 1.165) is 25.6 Å². The molecule has 0 bridgehead atoms. The molecule has 0 amide bonds. The summed E-state index contributed by atoms with van der Waals surface area (Å²) >= 11 is 0. The van der Waals surface area contributed by atoms with Gasteiger partial charge in [-0.05, 0) is 19.4 Å². The van der Waals surface area contributed by atoms with Gasteiger partial charge in [-0.25, -0.2) is 0 Å². The zero-order valence-corrected chi connectivity index (χ0v) is 9.71. The summed E-state index contributed by atoms with van der Waals surface area (Å²) < 4.78 is 11.0. The largest absolute Gasteiger partial charge is 0.350 e. The quantitative estimate of drug-likeness (QED) is 0.757. The van der Waals surface area contributed by atoms with Gasteiger partial charge in [0.15, 0.2) is 6.29 Å². The highest BCUT2D eigenvalue weighted by Crippen LogP contribution is 2.29. The van der Waals surface area contributed by atoms with E-state index in [4.69, 9.17) is 9.47 Å². The van der Waals surface area contributed by atoms with Gasteiger partial charge in [0, 0.05) is 12.5 Å². The first-order valence-corrected chi connectivity index (χ1v) is 6.29. The van der Waals surface area contributed by atoms with Crippen LogP contribution in [0.1, 0.15) is 38.5 Å². The third-order valence-corrected chi connectivity index (χ3v) is 3.67. The molecular formula is C12H23NO2. The second-order valence-electron chi connectivity index (χ2n) is 4.78. The van der Waals surface area contributed by atoms with Crippen LogP contribution in [0.2, 0.25) is 0 Å². The Morgan fingerprint density at radius 3 is 2.40 bits per heavy atom. The van der Waals surface area contributed by atoms with Crippen LogP contribution in [-0.2, 0) is 9.47 Å². The molecule has 15 heavy (non-hydrogen) atoms. The molecule has 0 aromatic carbocycles. The van der Waals surface area contributed by atoms with Gasteiger partial charge in [0.05, 0.1) is 13.2 Å². The van der Waals surface area contributed by atoms with Crippen LogP contribution >= 0.6 is 0 Å². The van der Waals surface area contributed by atoms with Crippen LogP contribution in [0.4, 0.5) is 0 Å². The summed E-state index contributed by atoms with van der Waals surface area (Å²) in [6.45, 7) is 1.54. The van der Waals surface area contributed by atoms with Crippen molar-refractivity contribution in [3.63, 3.8) is 0 Å². The van der Waals surface area contributed by atoms with Crippen LogP contribution in [0, 0.1) is 5.92 Å². The summed E-state index contributed by atoms with van der Waals surface area (Å²) in [7, 11) is 2.05. The monoisotopic (exact) mass is 213 g/mol. The van der Waals surface area contributed by atoms with Crippen molar-refractivity contribution in [3.05, 3.63) is 0 Å². The Hall–Kier alpha value is -0.120. The van der Waals surface area contributed by atoms with Gasteiger partial charge < -0.3 is 14.8 Å². The predicted molar refractivity (Wildman–Crippen MR) is 59.7 cm³/mol. The number of hydrogen-bond acceptors (Lipinski definition) is 3. The first-order chi connectivity index (χ1) is 7.38. The zero-order valence-electron chi connectivity index (χ0n) is 9.71. The molecule has 1 aliphatic heterocycles.